The fourth-order valence-electron chi connectivity index (χ4n) is 1.75. The standard InChI is InChI=1S/C10H9N3OS/c11-10-13-12-9(15-10)7-5-14-8-4-2-1-3-6(7)8/h1-4,7H,5H2,(H2,11,13). The maximum Gasteiger partial charge on any atom is 0.203 e. The molecule has 3 rings (SSSR count). The second-order valence-corrected chi connectivity index (χ2v) is 4.42. The van der Waals surface area contributed by atoms with Gasteiger partial charge in [0.15, 0.2) is 0 Å². The molecule has 76 valence electrons. The number of benzene rings is 1. The Morgan fingerprint density at radius 1 is 1.33 bits per heavy atom. The van der Waals surface area contributed by atoms with Gasteiger partial charge in [-0.05, 0) is 6.07 Å². The lowest BCUT2D eigenvalue weighted by atomic mass is 10.0. The smallest absolute Gasteiger partial charge is 0.203 e. The summed E-state index contributed by atoms with van der Waals surface area (Å²) < 4.78 is 5.57. The first kappa shape index (κ1) is 8.67. The van der Waals surface area contributed by atoms with Crippen molar-refractivity contribution in [3.63, 3.8) is 0 Å². The van der Waals surface area contributed by atoms with E-state index in [4.69, 9.17) is 10.5 Å². The summed E-state index contributed by atoms with van der Waals surface area (Å²) in [5.41, 5.74) is 6.74. The van der Waals surface area contributed by atoms with E-state index in [9.17, 15) is 0 Å². The minimum absolute atomic E-state index is 0.191. The van der Waals surface area contributed by atoms with Crippen LogP contribution in [0.1, 0.15) is 16.5 Å². The molecule has 0 bridgehead atoms. The molecule has 1 atom stereocenters. The van der Waals surface area contributed by atoms with Gasteiger partial charge in [-0.15, -0.1) is 10.2 Å². The molecule has 4 nitrogen and oxygen atoms in total. The summed E-state index contributed by atoms with van der Waals surface area (Å²) in [5.74, 6) is 1.13. The van der Waals surface area contributed by atoms with Crippen LogP contribution in [0.25, 0.3) is 0 Å². The third-order valence-corrected chi connectivity index (χ3v) is 3.32. The van der Waals surface area contributed by atoms with E-state index in [1.807, 2.05) is 18.2 Å². The molecule has 0 amide bonds. The van der Waals surface area contributed by atoms with Gasteiger partial charge in [0.25, 0.3) is 0 Å². The highest BCUT2D eigenvalue weighted by Gasteiger charge is 2.27. The summed E-state index contributed by atoms with van der Waals surface area (Å²) in [6.07, 6.45) is 0. The van der Waals surface area contributed by atoms with Crippen molar-refractivity contribution in [1.82, 2.24) is 10.2 Å². The van der Waals surface area contributed by atoms with Crippen LogP contribution in [0.4, 0.5) is 5.13 Å². The van der Waals surface area contributed by atoms with Crippen LogP contribution in [0.3, 0.4) is 0 Å². The second kappa shape index (κ2) is 3.20. The normalized spacial score (nSPS) is 18.5. The second-order valence-electron chi connectivity index (χ2n) is 3.38. The van der Waals surface area contributed by atoms with Crippen LogP contribution in [-0.2, 0) is 0 Å². The number of nitrogens with zero attached hydrogens (tertiary/aromatic N) is 2. The molecule has 0 spiro atoms. The van der Waals surface area contributed by atoms with Gasteiger partial charge < -0.3 is 10.5 Å². The van der Waals surface area contributed by atoms with E-state index in [1.165, 1.54) is 16.9 Å². The topological polar surface area (TPSA) is 61.0 Å². The highest BCUT2D eigenvalue weighted by atomic mass is 32.1. The Morgan fingerprint density at radius 3 is 3.00 bits per heavy atom. The van der Waals surface area contributed by atoms with E-state index >= 15 is 0 Å². The average molecular weight is 219 g/mol. The largest absolute Gasteiger partial charge is 0.492 e. The van der Waals surface area contributed by atoms with Crippen LogP contribution in [0.15, 0.2) is 24.3 Å². The third kappa shape index (κ3) is 1.35. The molecule has 15 heavy (non-hydrogen) atoms. The Morgan fingerprint density at radius 2 is 2.20 bits per heavy atom. The Bertz CT molecular complexity index is 497. The number of hydrogen-bond acceptors (Lipinski definition) is 5. The molecule has 0 radical (unpaired) electrons. The molecule has 0 saturated carbocycles. The molecule has 1 aliphatic rings. The summed E-state index contributed by atoms with van der Waals surface area (Å²) in [7, 11) is 0. The molecule has 0 aliphatic carbocycles. The molecule has 0 fully saturated rings. The van der Waals surface area contributed by atoms with E-state index in [-0.39, 0.29) is 5.92 Å². The minimum atomic E-state index is 0.191. The van der Waals surface area contributed by atoms with Gasteiger partial charge in [-0.3, -0.25) is 0 Å². The molecule has 1 unspecified atom stereocenters. The van der Waals surface area contributed by atoms with Crippen LogP contribution >= 0.6 is 11.3 Å². The highest BCUT2D eigenvalue weighted by Crippen LogP contribution is 2.38. The van der Waals surface area contributed by atoms with Crippen molar-refractivity contribution in [1.29, 1.82) is 0 Å². The van der Waals surface area contributed by atoms with E-state index < -0.39 is 0 Å². The van der Waals surface area contributed by atoms with Crippen LogP contribution in [-0.4, -0.2) is 16.8 Å². The first-order valence-corrected chi connectivity index (χ1v) is 5.47. The quantitative estimate of drug-likeness (QED) is 0.792. The number of nitrogen functional groups attached to an aromatic ring is 1. The number of rotatable bonds is 1. The van der Waals surface area contributed by atoms with Gasteiger partial charge in [0, 0.05) is 5.56 Å². The van der Waals surface area contributed by atoms with Gasteiger partial charge in [-0.1, -0.05) is 29.5 Å². The van der Waals surface area contributed by atoms with E-state index in [0.717, 1.165) is 10.8 Å². The zero-order valence-electron chi connectivity index (χ0n) is 7.88. The SMILES string of the molecule is Nc1nnc(C2COc3ccccc32)s1. The summed E-state index contributed by atoms with van der Waals surface area (Å²) in [6, 6.07) is 8.00. The van der Waals surface area contributed by atoms with Crippen LogP contribution in [0.2, 0.25) is 0 Å². The number of aromatic nitrogens is 2. The van der Waals surface area contributed by atoms with Crippen molar-refractivity contribution in [2.45, 2.75) is 5.92 Å². The third-order valence-electron chi connectivity index (χ3n) is 2.45. The fourth-order valence-corrected chi connectivity index (χ4v) is 2.47. The Labute approximate surface area is 90.7 Å². The van der Waals surface area contributed by atoms with E-state index in [1.54, 1.807) is 0 Å². The first-order valence-electron chi connectivity index (χ1n) is 4.65. The van der Waals surface area contributed by atoms with Crippen molar-refractivity contribution >= 4 is 16.5 Å². The molecule has 1 aliphatic heterocycles. The Balaban J connectivity index is 2.04. The zero-order chi connectivity index (χ0) is 10.3. The summed E-state index contributed by atoms with van der Waals surface area (Å²) in [5, 5.41) is 9.32. The number of nitrogens with two attached hydrogens (primary N) is 1. The molecule has 1 aromatic heterocycles. The maximum atomic E-state index is 5.57. The molecule has 0 saturated heterocycles. The summed E-state index contributed by atoms with van der Waals surface area (Å²) >= 11 is 1.42. The molecule has 2 N–H and O–H groups in total. The number of anilines is 1. The van der Waals surface area contributed by atoms with Crippen LogP contribution in [0.5, 0.6) is 5.75 Å². The number of ether oxygens (including phenoxy) is 1. The lowest BCUT2D eigenvalue weighted by Gasteiger charge is -2.02. The van der Waals surface area contributed by atoms with Crippen LogP contribution in [0, 0.1) is 0 Å². The molecular weight excluding hydrogens is 210 g/mol. The predicted octanol–water partition coefficient (Wildman–Crippen LogP) is 1.64. The van der Waals surface area contributed by atoms with Gasteiger partial charge in [-0.25, -0.2) is 0 Å². The zero-order valence-corrected chi connectivity index (χ0v) is 8.70. The minimum Gasteiger partial charge on any atom is -0.492 e. The molecular formula is C10H9N3OS. The van der Waals surface area contributed by atoms with Crippen molar-refractivity contribution in [2.24, 2.45) is 0 Å². The monoisotopic (exact) mass is 219 g/mol. The van der Waals surface area contributed by atoms with Crippen molar-refractivity contribution in [3.05, 3.63) is 34.8 Å². The molecule has 2 aromatic rings. The molecule has 1 aromatic carbocycles. The highest BCUT2D eigenvalue weighted by molar-refractivity contribution is 7.15. The predicted molar refractivity (Wildman–Crippen MR) is 58.1 cm³/mol. The van der Waals surface area contributed by atoms with Gasteiger partial charge >= 0.3 is 0 Å². The summed E-state index contributed by atoms with van der Waals surface area (Å²) in [4.78, 5) is 0. The van der Waals surface area contributed by atoms with Gasteiger partial charge in [0.05, 0.1) is 5.92 Å². The Kier molecular flexibility index (Phi) is 1.85. The Hall–Kier alpha value is -1.62. The number of fused-ring (bicyclic) bond motifs is 1. The lowest BCUT2D eigenvalue weighted by Crippen LogP contribution is -2.01. The van der Waals surface area contributed by atoms with Gasteiger partial charge in [-0.2, -0.15) is 0 Å². The van der Waals surface area contributed by atoms with E-state index in [2.05, 4.69) is 16.3 Å². The van der Waals surface area contributed by atoms with Gasteiger partial charge in [0.1, 0.15) is 17.4 Å². The van der Waals surface area contributed by atoms with E-state index in [0.29, 0.717) is 11.7 Å². The lowest BCUT2D eigenvalue weighted by molar-refractivity contribution is 0.342. The maximum absolute atomic E-state index is 5.57. The first-order chi connectivity index (χ1) is 7.34. The fraction of sp³-hybridized carbons (Fsp3) is 0.200. The van der Waals surface area contributed by atoms with Crippen LogP contribution < -0.4 is 10.5 Å². The number of para-hydroxylation sites is 1. The van der Waals surface area contributed by atoms with Crippen molar-refractivity contribution < 1.29 is 4.74 Å². The van der Waals surface area contributed by atoms with Gasteiger partial charge in [0.2, 0.25) is 5.13 Å². The molecule has 5 heteroatoms. The number of hydrogen-bond donors (Lipinski definition) is 1. The summed E-state index contributed by atoms with van der Waals surface area (Å²) in [6.45, 7) is 0.633. The average Bonchev–Trinajstić information content (AvgIpc) is 2.83. The molecule has 2 heterocycles. The van der Waals surface area contributed by atoms with Crippen molar-refractivity contribution in [3.8, 4) is 5.75 Å². The van der Waals surface area contributed by atoms with Crippen molar-refractivity contribution in [2.75, 3.05) is 12.3 Å².